The van der Waals surface area contributed by atoms with Crippen molar-refractivity contribution in [3.63, 3.8) is 0 Å². The highest BCUT2D eigenvalue weighted by Crippen LogP contribution is 2.13. The maximum atomic E-state index is 3.72. The molecule has 0 rings (SSSR count). The number of unbranched alkanes of at least 4 members (excludes halogenated alkanes) is 4. The third kappa shape index (κ3) is 11.7. The predicted octanol–water partition coefficient (Wildman–Crippen LogP) is 4.72. The van der Waals surface area contributed by atoms with Gasteiger partial charge in [0.15, 0.2) is 0 Å². The summed E-state index contributed by atoms with van der Waals surface area (Å²) in [6.07, 6.45) is 11.5. The average Bonchev–Trinajstić information content (AvgIpc) is 2.10. The van der Waals surface area contributed by atoms with Gasteiger partial charge in [0, 0.05) is 0 Å². The maximum absolute atomic E-state index is 3.72. The van der Waals surface area contributed by atoms with Crippen LogP contribution in [0.3, 0.4) is 0 Å². The summed E-state index contributed by atoms with van der Waals surface area (Å²) in [6.45, 7) is 8.35. The SMILES string of the molecule is C=CCCCCCCC(C)CC.N. The molecule has 3 N–H and O–H groups in total. The lowest BCUT2D eigenvalue weighted by Crippen LogP contribution is -1.91. The Labute approximate surface area is 84.2 Å². The molecule has 0 aromatic heterocycles. The van der Waals surface area contributed by atoms with Crippen molar-refractivity contribution in [1.82, 2.24) is 6.15 Å². The predicted molar refractivity (Wildman–Crippen MR) is 62.4 cm³/mol. The zero-order valence-electron chi connectivity index (χ0n) is 9.52. The molecule has 13 heavy (non-hydrogen) atoms. The summed E-state index contributed by atoms with van der Waals surface area (Å²) in [5.41, 5.74) is 0. The highest BCUT2D eigenvalue weighted by atomic mass is 14.0. The van der Waals surface area contributed by atoms with E-state index in [1.54, 1.807) is 0 Å². The van der Waals surface area contributed by atoms with Crippen LogP contribution in [0.15, 0.2) is 12.7 Å². The van der Waals surface area contributed by atoms with Crippen LogP contribution in [0.5, 0.6) is 0 Å². The van der Waals surface area contributed by atoms with E-state index in [2.05, 4.69) is 20.4 Å². The number of hydrogen-bond donors (Lipinski definition) is 1. The minimum Gasteiger partial charge on any atom is -0.344 e. The molecule has 0 saturated heterocycles. The van der Waals surface area contributed by atoms with Crippen LogP contribution in [0.4, 0.5) is 0 Å². The van der Waals surface area contributed by atoms with Gasteiger partial charge in [-0.25, -0.2) is 0 Å². The van der Waals surface area contributed by atoms with Gasteiger partial charge < -0.3 is 6.15 Å². The van der Waals surface area contributed by atoms with Crippen LogP contribution in [0.2, 0.25) is 0 Å². The van der Waals surface area contributed by atoms with Crippen molar-refractivity contribution in [3.8, 4) is 0 Å². The van der Waals surface area contributed by atoms with Crippen molar-refractivity contribution < 1.29 is 0 Å². The Morgan fingerprint density at radius 1 is 1.15 bits per heavy atom. The monoisotopic (exact) mass is 185 g/mol. The summed E-state index contributed by atoms with van der Waals surface area (Å²) in [6, 6.07) is 0. The number of hydrogen-bond acceptors (Lipinski definition) is 1. The third-order valence-corrected chi connectivity index (χ3v) is 2.55. The van der Waals surface area contributed by atoms with E-state index in [0.29, 0.717) is 0 Å². The first kappa shape index (κ1) is 15.2. The van der Waals surface area contributed by atoms with Gasteiger partial charge in [0.25, 0.3) is 0 Å². The molecule has 1 nitrogen and oxygen atoms in total. The Bertz CT molecular complexity index is 99.3. The molecule has 0 saturated carbocycles. The van der Waals surface area contributed by atoms with Crippen molar-refractivity contribution in [2.24, 2.45) is 5.92 Å². The molecule has 1 heteroatoms. The molecule has 0 aliphatic rings. The third-order valence-electron chi connectivity index (χ3n) is 2.55. The van der Waals surface area contributed by atoms with Gasteiger partial charge in [-0.2, -0.15) is 0 Å². The summed E-state index contributed by atoms with van der Waals surface area (Å²) in [4.78, 5) is 0. The molecule has 0 amide bonds. The van der Waals surface area contributed by atoms with Gasteiger partial charge >= 0.3 is 0 Å². The highest BCUT2D eigenvalue weighted by molar-refractivity contribution is 4.65. The van der Waals surface area contributed by atoms with Crippen LogP contribution in [0.1, 0.15) is 58.8 Å². The summed E-state index contributed by atoms with van der Waals surface area (Å²) in [5, 5.41) is 0. The Morgan fingerprint density at radius 2 is 1.77 bits per heavy atom. The molecule has 0 aliphatic carbocycles. The van der Waals surface area contributed by atoms with Crippen molar-refractivity contribution in [2.75, 3.05) is 0 Å². The molecule has 0 heterocycles. The molecular weight excluding hydrogens is 158 g/mol. The first-order valence-electron chi connectivity index (χ1n) is 5.42. The summed E-state index contributed by atoms with van der Waals surface area (Å²) >= 11 is 0. The van der Waals surface area contributed by atoms with E-state index in [1.807, 2.05) is 6.08 Å². The minimum atomic E-state index is 0. The van der Waals surface area contributed by atoms with E-state index in [-0.39, 0.29) is 6.15 Å². The molecule has 0 aromatic carbocycles. The second kappa shape index (κ2) is 11.7. The van der Waals surface area contributed by atoms with Gasteiger partial charge in [0.05, 0.1) is 0 Å². The summed E-state index contributed by atoms with van der Waals surface area (Å²) in [7, 11) is 0. The molecule has 0 bridgehead atoms. The fourth-order valence-electron chi connectivity index (χ4n) is 1.34. The van der Waals surface area contributed by atoms with Gasteiger partial charge in [-0.15, -0.1) is 6.58 Å². The lowest BCUT2D eigenvalue weighted by molar-refractivity contribution is 0.475. The van der Waals surface area contributed by atoms with E-state index in [4.69, 9.17) is 0 Å². The van der Waals surface area contributed by atoms with Crippen LogP contribution in [0, 0.1) is 5.92 Å². The van der Waals surface area contributed by atoms with Gasteiger partial charge in [-0.3, -0.25) is 0 Å². The Balaban J connectivity index is 0. The number of allylic oxidation sites excluding steroid dienone is 1. The van der Waals surface area contributed by atoms with Crippen LogP contribution < -0.4 is 6.15 Å². The summed E-state index contributed by atoms with van der Waals surface area (Å²) in [5.74, 6) is 0.935. The van der Waals surface area contributed by atoms with Gasteiger partial charge in [-0.05, 0) is 18.8 Å². The van der Waals surface area contributed by atoms with Crippen LogP contribution in [-0.2, 0) is 0 Å². The van der Waals surface area contributed by atoms with Gasteiger partial charge in [0.1, 0.15) is 0 Å². The van der Waals surface area contributed by atoms with Crippen molar-refractivity contribution >= 4 is 0 Å². The minimum absolute atomic E-state index is 0. The zero-order chi connectivity index (χ0) is 9.23. The van der Waals surface area contributed by atoms with Crippen LogP contribution >= 0.6 is 0 Å². The molecular formula is C12H27N. The Hall–Kier alpha value is -0.300. The smallest absolute Gasteiger partial charge is 0.0353 e. The van der Waals surface area contributed by atoms with Crippen molar-refractivity contribution in [1.29, 1.82) is 0 Å². The first-order chi connectivity index (χ1) is 5.81. The maximum Gasteiger partial charge on any atom is -0.0353 e. The second-order valence-corrected chi connectivity index (χ2v) is 3.79. The summed E-state index contributed by atoms with van der Waals surface area (Å²) < 4.78 is 0. The molecule has 80 valence electrons. The average molecular weight is 185 g/mol. The topological polar surface area (TPSA) is 35.0 Å². The molecule has 1 atom stereocenters. The van der Waals surface area contributed by atoms with Crippen molar-refractivity contribution in [2.45, 2.75) is 58.8 Å². The lowest BCUT2D eigenvalue weighted by atomic mass is 10.0. The molecule has 0 aliphatic heterocycles. The zero-order valence-corrected chi connectivity index (χ0v) is 9.52. The lowest BCUT2D eigenvalue weighted by Gasteiger charge is -2.06. The van der Waals surface area contributed by atoms with Crippen LogP contribution in [0.25, 0.3) is 0 Å². The Kier molecular flexibility index (Phi) is 13.7. The fourth-order valence-corrected chi connectivity index (χ4v) is 1.34. The van der Waals surface area contributed by atoms with E-state index in [1.165, 1.54) is 44.9 Å². The fraction of sp³-hybridized carbons (Fsp3) is 0.833. The molecule has 0 aromatic rings. The van der Waals surface area contributed by atoms with E-state index in [9.17, 15) is 0 Å². The largest absolute Gasteiger partial charge is 0.344 e. The number of rotatable bonds is 8. The van der Waals surface area contributed by atoms with Crippen molar-refractivity contribution in [3.05, 3.63) is 12.7 Å². The highest BCUT2D eigenvalue weighted by Gasteiger charge is 1.97. The van der Waals surface area contributed by atoms with E-state index >= 15 is 0 Å². The van der Waals surface area contributed by atoms with E-state index in [0.717, 1.165) is 5.92 Å². The molecule has 0 radical (unpaired) electrons. The molecule has 1 unspecified atom stereocenters. The second-order valence-electron chi connectivity index (χ2n) is 3.79. The Morgan fingerprint density at radius 3 is 2.31 bits per heavy atom. The van der Waals surface area contributed by atoms with Gasteiger partial charge in [-0.1, -0.05) is 52.0 Å². The first-order valence-corrected chi connectivity index (χ1v) is 5.42. The normalized spacial score (nSPS) is 11.8. The van der Waals surface area contributed by atoms with Crippen LogP contribution in [-0.4, -0.2) is 0 Å². The van der Waals surface area contributed by atoms with E-state index < -0.39 is 0 Å². The standard InChI is InChI=1S/C12H24.H3N/c1-4-6-7-8-9-10-11-12(3)5-2;/h4,12H,1,5-11H2,2-3H3;1H3. The molecule has 0 fully saturated rings. The molecule has 0 spiro atoms. The van der Waals surface area contributed by atoms with Gasteiger partial charge in [0.2, 0.25) is 0 Å². The quantitative estimate of drug-likeness (QED) is 0.431.